The van der Waals surface area contributed by atoms with E-state index in [4.69, 9.17) is 11.6 Å². The first kappa shape index (κ1) is 20.3. The largest absolute Gasteiger partial charge is 0.294 e. The van der Waals surface area contributed by atoms with E-state index in [2.05, 4.69) is 6.92 Å². The van der Waals surface area contributed by atoms with Gasteiger partial charge in [0.25, 0.3) is 5.69 Å². The van der Waals surface area contributed by atoms with E-state index in [9.17, 15) is 19.7 Å². The molecule has 4 rings (SSSR count). The van der Waals surface area contributed by atoms with Crippen LogP contribution in [0.4, 0.5) is 11.4 Å². The topological polar surface area (TPSA) is 80.5 Å². The third kappa shape index (κ3) is 3.52. The minimum Gasteiger partial charge on any atom is -0.294 e. The molecule has 1 atom stereocenters. The lowest BCUT2D eigenvalue weighted by Crippen LogP contribution is -2.40. The summed E-state index contributed by atoms with van der Waals surface area (Å²) < 4.78 is 0. The zero-order valence-electron chi connectivity index (χ0n) is 16.6. The van der Waals surface area contributed by atoms with Crippen molar-refractivity contribution in [1.29, 1.82) is 0 Å². The number of carbonyl (C=O) groups is 2. The Morgan fingerprint density at radius 3 is 2.53 bits per heavy atom. The number of amides is 1. The molecule has 2 aliphatic rings. The van der Waals surface area contributed by atoms with Gasteiger partial charge in [0.2, 0.25) is 5.91 Å². The van der Waals surface area contributed by atoms with Crippen molar-refractivity contribution in [1.82, 2.24) is 0 Å². The van der Waals surface area contributed by atoms with Gasteiger partial charge in [-0.05, 0) is 42.5 Å². The van der Waals surface area contributed by atoms with Crippen molar-refractivity contribution in [3.8, 4) is 0 Å². The number of nitro groups is 1. The van der Waals surface area contributed by atoms with E-state index in [1.165, 1.54) is 28.7 Å². The number of benzene rings is 2. The molecule has 30 heavy (non-hydrogen) atoms. The average molecular weight is 425 g/mol. The van der Waals surface area contributed by atoms with Gasteiger partial charge in [0.15, 0.2) is 5.78 Å². The third-order valence-electron chi connectivity index (χ3n) is 5.84. The number of carbonyl (C=O) groups excluding carboxylic acids is 2. The molecule has 0 bridgehead atoms. The molecular weight excluding hydrogens is 404 g/mol. The molecule has 154 valence electrons. The number of nitro benzene ring substituents is 1. The van der Waals surface area contributed by atoms with E-state index in [0.717, 1.165) is 12.0 Å². The lowest BCUT2D eigenvalue weighted by atomic mass is 9.77. The highest BCUT2D eigenvalue weighted by Gasteiger charge is 2.41. The van der Waals surface area contributed by atoms with Crippen LogP contribution in [0.1, 0.15) is 49.7 Å². The van der Waals surface area contributed by atoms with Crippen LogP contribution in [0.25, 0.3) is 0 Å². The van der Waals surface area contributed by atoms with E-state index >= 15 is 0 Å². The maximum atomic E-state index is 13.3. The van der Waals surface area contributed by atoms with Crippen molar-refractivity contribution < 1.29 is 14.5 Å². The molecule has 0 spiro atoms. The SMILES string of the molecule is CCc1ccc(C2CC(=O)N(c3cc(Cl)ccc3[N+](=O)[O-])C3=C2C(=O)CCC3)cc1. The van der Waals surface area contributed by atoms with Gasteiger partial charge in [-0.3, -0.25) is 24.6 Å². The molecule has 6 nitrogen and oxygen atoms in total. The standard InChI is InChI=1S/C23H21ClN2O4/c1-2-14-6-8-15(9-7-14)17-13-22(28)25(19-4-3-5-21(27)23(17)19)20-12-16(24)10-11-18(20)26(29)30/h6-12,17H,2-5,13H2,1H3. The van der Waals surface area contributed by atoms with Gasteiger partial charge >= 0.3 is 0 Å². The van der Waals surface area contributed by atoms with Crippen LogP contribution in [0.5, 0.6) is 0 Å². The lowest BCUT2D eigenvalue weighted by Gasteiger charge is -2.38. The van der Waals surface area contributed by atoms with E-state index in [1.807, 2.05) is 24.3 Å². The number of ketones is 1. The first-order chi connectivity index (χ1) is 14.4. The minimum atomic E-state index is -0.528. The maximum absolute atomic E-state index is 13.3. The van der Waals surface area contributed by atoms with Crippen molar-refractivity contribution in [2.75, 3.05) is 4.90 Å². The Hall–Kier alpha value is -2.99. The minimum absolute atomic E-state index is 0.00278. The van der Waals surface area contributed by atoms with Gasteiger partial charge in [-0.1, -0.05) is 42.8 Å². The number of hydrogen-bond acceptors (Lipinski definition) is 4. The van der Waals surface area contributed by atoms with Gasteiger partial charge in [0.05, 0.1) is 4.92 Å². The average Bonchev–Trinajstić information content (AvgIpc) is 2.73. The Labute approximate surface area is 179 Å². The molecule has 0 aromatic heterocycles. The van der Waals surface area contributed by atoms with Crippen LogP contribution in [-0.4, -0.2) is 16.6 Å². The number of allylic oxidation sites excluding steroid dienone is 2. The number of nitrogens with zero attached hydrogens (tertiary/aromatic N) is 2. The number of aryl methyl sites for hydroxylation is 1. The van der Waals surface area contributed by atoms with Crippen molar-refractivity contribution in [2.45, 2.75) is 44.9 Å². The summed E-state index contributed by atoms with van der Waals surface area (Å²) >= 11 is 6.10. The number of anilines is 1. The molecule has 2 aromatic carbocycles. The predicted molar refractivity (Wildman–Crippen MR) is 115 cm³/mol. The summed E-state index contributed by atoms with van der Waals surface area (Å²) in [5.41, 5.74) is 3.18. The summed E-state index contributed by atoms with van der Waals surface area (Å²) in [6, 6.07) is 12.1. The summed E-state index contributed by atoms with van der Waals surface area (Å²) in [5.74, 6) is -0.595. The molecule has 1 heterocycles. The van der Waals surface area contributed by atoms with Crippen LogP contribution < -0.4 is 4.90 Å². The molecule has 0 saturated carbocycles. The Bertz CT molecular complexity index is 1080. The highest BCUT2D eigenvalue weighted by molar-refractivity contribution is 6.31. The quantitative estimate of drug-likeness (QED) is 0.490. The molecule has 7 heteroatoms. The fourth-order valence-electron chi connectivity index (χ4n) is 4.37. The maximum Gasteiger partial charge on any atom is 0.293 e. The van der Waals surface area contributed by atoms with Crippen molar-refractivity contribution in [3.05, 3.63) is 80.0 Å². The second kappa shape index (κ2) is 8.03. The molecule has 1 aliphatic heterocycles. The summed E-state index contributed by atoms with van der Waals surface area (Å²) in [4.78, 5) is 38.6. The fourth-order valence-corrected chi connectivity index (χ4v) is 4.54. The lowest BCUT2D eigenvalue weighted by molar-refractivity contribution is -0.384. The van der Waals surface area contributed by atoms with Gasteiger partial charge in [0.1, 0.15) is 5.69 Å². The molecule has 2 aromatic rings. The highest BCUT2D eigenvalue weighted by atomic mass is 35.5. The predicted octanol–water partition coefficient (Wildman–Crippen LogP) is 5.34. The van der Waals surface area contributed by atoms with Gasteiger partial charge in [-0.2, -0.15) is 0 Å². The van der Waals surface area contributed by atoms with Gasteiger partial charge in [-0.15, -0.1) is 0 Å². The molecule has 0 fully saturated rings. The Kier molecular flexibility index (Phi) is 5.43. The summed E-state index contributed by atoms with van der Waals surface area (Å²) in [5, 5.41) is 11.9. The number of halogens is 1. The molecular formula is C23H21ClN2O4. The van der Waals surface area contributed by atoms with Crippen molar-refractivity contribution in [2.24, 2.45) is 0 Å². The van der Waals surface area contributed by atoms with E-state index in [-0.39, 0.29) is 35.4 Å². The monoisotopic (exact) mass is 424 g/mol. The van der Waals surface area contributed by atoms with Crippen LogP contribution in [0.15, 0.2) is 53.7 Å². The first-order valence-corrected chi connectivity index (χ1v) is 10.4. The highest BCUT2D eigenvalue weighted by Crippen LogP contribution is 2.45. The van der Waals surface area contributed by atoms with Crippen LogP contribution >= 0.6 is 11.6 Å². The molecule has 1 aliphatic carbocycles. The van der Waals surface area contributed by atoms with Gasteiger partial charge in [-0.25, -0.2) is 0 Å². The van der Waals surface area contributed by atoms with E-state index in [0.29, 0.717) is 35.6 Å². The summed E-state index contributed by atoms with van der Waals surface area (Å²) in [7, 11) is 0. The Balaban J connectivity index is 1.88. The number of Topliss-reactive ketones (excluding diaryl/α,β-unsaturated/α-hetero) is 1. The summed E-state index contributed by atoms with van der Waals surface area (Å²) in [6.07, 6.45) is 2.53. The fraction of sp³-hybridized carbons (Fsp3) is 0.304. The molecule has 0 N–H and O–H groups in total. The molecule has 1 amide bonds. The number of rotatable bonds is 4. The van der Waals surface area contributed by atoms with Crippen molar-refractivity contribution in [3.63, 3.8) is 0 Å². The summed E-state index contributed by atoms with van der Waals surface area (Å²) in [6.45, 7) is 2.07. The van der Waals surface area contributed by atoms with Crippen molar-refractivity contribution >= 4 is 34.7 Å². The molecule has 0 saturated heterocycles. The molecule has 1 unspecified atom stereocenters. The zero-order chi connectivity index (χ0) is 21.4. The van der Waals surface area contributed by atoms with Crippen LogP contribution in [0.3, 0.4) is 0 Å². The van der Waals surface area contributed by atoms with Crippen LogP contribution in [-0.2, 0) is 16.0 Å². The van der Waals surface area contributed by atoms with Crippen LogP contribution in [0, 0.1) is 10.1 Å². The Morgan fingerprint density at radius 1 is 1.13 bits per heavy atom. The normalized spacial score (nSPS) is 19.1. The van der Waals surface area contributed by atoms with E-state index < -0.39 is 4.92 Å². The zero-order valence-corrected chi connectivity index (χ0v) is 17.3. The van der Waals surface area contributed by atoms with E-state index in [1.54, 1.807) is 0 Å². The second-order valence-electron chi connectivity index (χ2n) is 7.61. The second-order valence-corrected chi connectivity index (χ2v) is 8.04. The molecule has 0 radical (unpaired) electrons. The Morgan fingerprint density at radius 2 is 1.87 bits per heavy atom. The van der Waals surface area contributed by atoms with Crippen LogP contribution in [0.2, 0.25) is 5.02 Å². The smallest absolute Gasteiger partial charge is 0.293 e. The number of hydrogen-bond donors (Lipinski definition) is 0. The third-order valence-corrected chi connectivity index (χ3v) is 6.08. The van der Waals surface area contributed by atoms with Gasteiger partial charge < -0.3 is 0 Å². The van der Waals surface area contributed by atoms with Gasteiger partial charge in [0, 0.05) is 41.1 Å². The first-order valence-electron chi connectivity index (χ1n) is 10.0.